The summed E-state index contributed by atoms with van der Waals surface area (Å²) in [6, 6.07) is 12.4. The molecule has 2 rings (SSSR count). The van der Waals surface area contributed by atoms with Crippen molar-refractivity contribution in [1.82, 2.24) is 15.2 Å². The second-order valence-corrected chi connectivity index (χ2v) is 6.33. The van der Waals surface area contributed by atoms with Crippen LogP contribution in [0.5, 0.6) is 0 Å². The molecule has 1 aromatic carbocycles. The maximum Gasteiger partial charge on any atom is 0.193 e. The van der Waals surface area contributed by atoms with Gasteiger partial charge in [0.05, 0.1) is 0 Å². The molecule has 6 heteroatoms. The number of aromatic nitrogens is 1. The maximum atomic E-state index is 4.36. The van der Waals surface area contributed by atoms with Gasteiger partial charge in [0, 0.05) is 43.5 Å². The van der Waals surface area contributed by atoms with Crippen LogP contribution < -0.4 is 5.32 Å². The average molecular weight is 503 g/mol. The minimum Gasteiger partial charge on any atom is -0.356 e. The number of pyridine rings is 1. The van der Waals surface area contributed by atoms with E-state index in [9.17, 15) is 0 Å². The van der Waals surface area contributed by atoms with E-state index in [1.54, 1.807) is 0 Å². The van der Waals surface area contributed by atoms with Crippen LogP contribution in [0.2, 0.25) is 0 Å². The van der Waals surface area contributed by atoms with Crippen LogP contribution in [0.3, 0.4) is 0 Å². The van der Waals surface area contributed by atoms with E-state index in [0.29, 0.717) is 0 Å². The van der Waals surface area contributed by atoms with E-state index in [0.717, 1.165) is 35.6 Å². The molecule has 130 valence electrons. The minimum absolute atomic E-state index is 0. The standard InChI is InChI=1S/C18H23BrN4.HI/c1-14-8-9-15(12-22-14)10-11-21-18(20-2)23(3)13-16-6-4-5-7-17(16)19;/h4-9,12H,10-11,13H2,1-3H3,(H,20,21);1H. The van der Waals surface area contributed by atoms with Gasteiger partial charge in [-0.25, -0.2) is 0 Å². The van der Waals surface area contributed by atoms with Gasteiger partial charge in [0.25, 0.3) is 0 Å². The summed E-state index contributed by atoms with van der Waals surface area (Å²) < 4.78 is 1.12. The zero-order valence-electron chi connectivity index (χ0n) is 14.3. The smallest absolute Gasteiger partial charge is 0.193 e. The molecule has 0 atom stereocenters. The second kappa shape index (κ2) is 10.7. The molecular formula is C18H24BrIN4. The van der Waals surface area contributed by atoms with Crippen molar-refractivity contribution >= 4 is 45.9 Å². The minimum atomic E-state index is 0. The van der Waals surface area contributed by atoms with Crippen molar-refractivity contribution in [3.8, 4) is 0 Å². The molecule has 0 saturated carbocycles. The number of halogens is 2. The summed E-state index contributed by atoms with van der Waals surface area (Å²) in [5, 5.41) is 3.40. The van der Waals surface area contributed by atoms with Crippen LogP contribution in [0.4, 0.5) is 0 Å². The van der Waals surface area contributed by atoms with Crippen molar-refractivity contribution in [2.24, 2.45) is 4.99 Å². The van der Waals surface area contributed by atoms with Crippen LogP contribution in [-0.4, -0.2) is 36.5 Å². The Hall–Kier alpha value is -1.15. The normalized spacial score (nSPS) is 10.9. The van der Waals surface area contributed by atoms with Crippen molar-refractivity contribution in [2.75, 3.05) is 20.6 Å². The van der Waals surface area contributed by atoms with Crippen molar-refractivity contribution in [3.05, 3.63) is 63.9 Å². The Labute approximate surface area is 169 Å². The molecule has 1 aromatic heterocycles. The summed E-state index contributed by atoms with van der Waals surface area (Å²) in [5.41, 5.74) is 3.51. The molecule has 0 fully saturated rings. The van der Waals surface area contributed by atoms with Crippen LogP contribution >= 0.6 is 39.9 Å². The number of rotatable bonds is 5. The topological polar surface area (TPSA) is 40.5 Å². The summed E-state index contributed by atoms with van der Waals surface area (Å²) in [6.45, 7) is 3.63. The SMILES string of the molecule is CN=C(NCCc1ccc(C)nc1)N(C)Cc1ccccc1Br.I. The van der Waals surface area contributed by atoms with Crippen molar-refractivity contribution in [2.45, 2.75) is 19.9 Å². The van der Waals surface area contributed by atoms with Gasteiger partial charge in [-0.2, -0.15) is 0 Å². The van der Waals surface area contributed by atoms with Gasteiger partial charge in [-0.3, -0.25) is 9.98 Å². The Morgan fingerprint density at radius 2 is 2.00 bits per heavy atom. The average Bonchev–Trinajstić information content (AvgIpc) is 2.55. The first-order valence-corrected chi connectivity index (χ1v) is 8.46. The fourth-order valence-electron chi connectivity index (χ4n) is 2.31. The molecule has 2 aromatic rings. The first-order valence-electron chi connectivity index (χ1n) is 7.67. The predicted octanol–water partition coefficient (Wildman–Crippen LogP) is 4.02. The Morgan fingerprint density at radius 3 is 2.62 bits per heavy atom. The second-order valence-electron chi connectivity index (χ2n) is 5.48. The van der Waals surface area contributed by atoms with E-state index in [1.165, 1.54) is 11.1 Å². The molecule has 1 N–H and O–H groups in total. The fourth-order valence-corrected chi connectivity index (χ4v) is 2.72. The zero-order chi connectivity index (χ0) is 16.7. The summed E-state index contributed by atoms with van der Waals surface area (Å²) in [5.74, 6) is 0.890. The Bertz CT molecular complexity index is 658. The summed E-state index contributed by atoms with van der Waals surface area (Å²) in [6.07, 6.45) is 2.86. The molecule has 0 bridgehead atoms. The predicted molar refractivity (Wildman–Crippen MR) is 115 cm³/mol. The lowest BCUT2D eigenvalue weighted by Crippen LogP contribution is -2.39. The number of aryl methyl sites for hydroxylation is 1. The molecular weight excluding hydrogens is 479 g/mol. The zero-order valence-corrected chi connectivity index (χ0v) is 18.2. The van der Waals surface area contributed by atoms with Gasteiger partial charge in [0.1, 0.15) is 0 Å². The number of hydrogen-bond donors (Lipinski definition) is 1. The van der Waals surface area contributed by atoms with Crippen LogP contribution in [-0.2, 0) is 13.0 Å². The lowest BCUT2D eigenvalue weighted by Gasteiger charge is -2.22. The number of aliphatic imine (C=N–C) groups is 1. The molecule has 0 radical (unpaired) electrons. The third-order valence-corrected chi connectivity index (χ3v) is 4.38. The van der Waals surface area contributed by atoms with Gasteiger partial charge in [0.15, 0.2) is 5.96 Å². The monoisotopic (exact) mass is 502 g/mol. The molecule has 0 saturated heterocycles. The third-order valence-electron chi connectivity index (χ3n) is 3.61. The van der Waals surface area contributed by atoms with Gasteiger partial charge < -0.3 is 10.2 Å². The quantitative estimate of drug-likeness (QED) is 0.381. The van der Waals surface area contributed by atoms with E-state index in [2.05, 4.69) is 60.4 Å². The third kappa shape index (κ3) is 6.39. The van der Waals surface area contributed by atoms with E-state index in [1.807, 2.05) is 39.3 Å². The summed E-state index contributed by atoms with van der Waals surface area (Å²) in [7, 11) is 3.86. The number of nitrogens with zero attached hydrogens (tertiary/aromatic N) is 3. The molecule has 1 heterocycles. The number of nitrogens with one attached hydrogen (secondary N) is 1. The largest absolute Gasteiger partial charge is 0.356 e. The number of hydrogen-bond acceptors (Lipinski definition) is 2. The van der Waals surface area contributed by atoms with Crippen LogP contribution in [0.25, 0.3) is 0 Å². The molecule has 4 nitrogen and oxygen atoms in total. The van der Waals surface area contributed by atoms with Gasteiger partial charge >= 0.3 is 0 Å². The highest BCUT2D eigenvalue weighted by Crippen LogP contribution is 2.17. The van der Waals surface area contributed by atoms with Crippen LogP contribution in [0, 0.1) is 6.92 Å². The highest BCUT2D eigenvalue weighted by atomic mass is 127. The Morgan fingerprint density at radius 1 is 1.25 bits per heavy atom. The van der Waals surface area contributed by atoms with Crippen molar-refractivity contribution in [3.63, 3.8) is 0 Å². The Kier molecular flexibility index (Phi) is 9.28. The molecule has 0 spiro atoms. The highest BCUT2D eigenvalue weighted by molar-refractivity contribution is 14.0. The number of benzene rings is 1. The van der Waals surface area contributed by atoms with Crippen LogP contribution in [0.15, 0.2) is 52.1 Å². The molecule has 24 heavy (non-hydrogen) atoms. The highest BCUT2D eigenvalue weighted by Gasteiger charge is 2.08. The fraction of sp³-hybridized carbons (Fsp3) is 0.333. The first kappa shape index (κ1) is 20.9. The number of guanidine groups is 1. The van der Waals surface area contributed by atoms with Crippen molar-refractivity contribution in [1.29, 1.82) is 0 Å². The first-order chi connectivity index (χ1) is 11.1. The lowest BCUT2D eigenvalue weighted by molar-refractivity contribution is 0.476. The van der Waals surface area contributed by atoms with Gasteiger partial charge in [0.2, 0.25) is 0 Å². The van der Waals surface area contributed by atoms with E-state index in [4.69, 9.17) is 0 Å². The van der Waals surface area contributed by atoms with E-state index in [-0.39, 0.29) is 24.0 Å². The summed E-state index contributed by atoms with van der Waals surface area (Å²) in [4.78, 5) is 10.8. The van der Waals surface area contributed by atoms with E-state index >= 15 is 0 Å². The molecule has 0 amide bonds. The maximum absolute atomic E-state index is 4.36. The lowest BCUT2D eigenvalue weighted by atomic mass is 10.2. The molecule has 0 aliphatic carbocycles. The van der Waals surface area contributed by atoms with Crippen LogP contribution in [0.1, 0.15) is 16.8 Å². The van der Waals surface area contributed by atoms with Gasteiger partial charge in [-0.1, -0.05) is 40.2 Å². The molecule has 0 aliphatic rings. The Balaban J connectivity index is 0.00000288. The van der Waals surface area contributed by atoms with Gasteiger partial charge in [-0.15, -0.1) is 24.0 Å². The van der Waals surface area contributed by atoms with E-state index < -0.39 is 0 Å². The van der Waals surface area contributed by atoms with Gasteiger partial charge in [-0.05, 0) is 36.6 Å². The summed E-state index contributed by atoms with van der Waals surface area (Å²) >= 11 is 3.59. The van der Waals surface area contributed by atoms with Crippen molar-refractivity contribution < 1.29 is 0 Å². The molecule has 0 unspecified atom stereocenters. The molecule has 0 aliphatic heterocycles.